The molecule has 7 heteroatoms. The molecule has 1 atom stereocenters. The Labute approximate surface area is 130 Å². The fraction of sp³-hybridized carbons (Fsp3) is 0.200. The summed E-state index contributed by atoms with van der Waals surface area (Å²) in [6.07, 6.45) is 7.21. The summed E-state index contributed by atoms with van der Waals surface area (Å²) in [5, 5.41) is 5.08. The normalized spacial score (nSPS) is 17.9. The summed E-state index contributed by atoms with van der Waals surface area (Å²) in [5.41, 5.74) is 3.69. The van der Waals surface area contributed by atoms with Gasteiger partial charge in [0.05, 0.1) is 22.2 Å². The number of nitrogens with one attached hydrogen (secondary N) is 1. The van der Waals surface area contributed by atoms with E-state index in [1.165, 1.54) is 0 Å². The lowest BCUT2D eigenvalue weighted by atomic mass is 10.2. The smallest absolute Gasteiger partial charge is 0.142 e. The number of hydrogen-bond acceptors (Lipinski definition) is 6. The van der Waals surface area contributed by atoms with E-state index in [-0.39, 0.29) is 5.25 Å². The molecule has 1 unspecified atom stereocenters. The maximum atomic E-state index is 5.26. The van der Waals surface area contributed by atoms with E-state index < -0.39 is 0 Å². The monoisotopic (exact) mass is 311 g/mol. The molecule has 22 heavy (non-hydrogen) atoms. The molecule has 4 heterocycles. The van der Waals surface area contributed by atoms with Gasteiger partial charge in [-0.25, -0.2) is 9.97 Å². The van der Waals surface area contributed by atoms with Gasteiger partial charge in [-0.3, -0.25) is 4.99 Å². The van der Waals surface area contributed by atoms with Crippen molar-refractivity contribution in [3.63, 3.8) is 0 Å². The number of aromatic nitrogens is 4. The van der Waals surface area contributed by atoms with Crippen LogP contribution in [-0.4, -0.2) is 26.3 Å². The minimum Gasteiger partial charge on any atom is -0.361 e. The van der Waals surface area contributed by atoms with Gasteiger partial charge < -0.3 is 9.51 Å². The molecular weight excluding hydrogens is 298 g/mol. The Morgan fingerprint density at radius 1 is 1.27 bits per heavy atom. The third kappa shape index (κ3) is 2.05. The molecule has 4 rings (SSSR count). The molecule has 3 aromatic rings. The highest BCUT2D eigenvalue weighted by Crippen LogP contribution is 2.43. The molecule has 0 aromatic carbocycles. The molecular formula is C15H13N5OS. The number of rotatable bonds is 2. The third-order valence-corrected chi connectivity index (χ3v) is 4.76. The topological polar surface area (TPSA) is 80.0 Å². The van der Waals surface area contributed by atoms with E-state index in [0.29, 0.717) is 0 Å². The summed E-state index contributed by atoms with van der Waals surface area (Å²) in [5.74, 6) is 0.807. The second kappa shape index (κ2) is 5.10. The van der Waals surface area contributed by atoms with Gasteiger partial charge in [0, 0.05) is 28.9 Å². The van der Waals surface area contributed by atoms with Crippen molar-refractivity contribution in [3.05, 3.63) is 47.5 Å². The lowest BCUT2D eigenvalue weighted by Gasteiger charge is -2.17. The van der Waals surface area contributed by atoms with Crippen LogP contribution in [0.2, 0.25) is 0 Å². The molecule has 0 saturated carbocycles. The van der Waals surface area contributed by atoms with Crippen LogP contribution in [0.4, 0.5) is 0 Å². The van der Waals surface area contributed by atoms with Gasteiger partial charge in [-0.1, -0.05) is 5.16 Å². The van der Waals surface area contributed by atoms with Crippen molar-refractivity contribution in [2.45, 2.75) is 19.1 Å². The summed E-state index contributed by atoms with van der Waals surface area (Å²) in [6.45, 7) is 3.86. The molecule has 1 aliphatic rings. The van der Waals surface area contributed by atoms with Crippen molar-refractivity contribution >= 4 is 33.9 Å². The number of nitrogens with zero attached hydrogens (tertiary/aromatic N) is 4. The molecule has 0 amide bonds. The Morgan fingerprint density at radius 2 is 2.18 bits per heavy atom. The Hall–Kier alpha value is -2.41. The summed E-state index contributed by atoms with van der Waals surface area (Å²) >= 11 is 1.70. The summed E-state index contributed by atoms with van der Waals surface area (Å²) in [7, 11) is 0. The Bertz CT molecular complexity index is 888. The summed E-state index contributed by atoms with van der Waals surface area (Å²) in [6, 6.07) is 1.99. The van der Waals surface area contributed by atoms with Crippen molar-refractivity contribution in [2.75, 3.05) is 0 Å². The maximum absolute atomic E-state index is 5.26. The Balaban J connectivity index is 1.74. The number of aryl methyl sites for hydroxylation is 2. The highest BCUT2D eigenvalue weighted by Gasteiger charge is 2.24. The van der Waals surface area contributed by atoms with E-state index in [0.717, 1.165) is 38.7 Å². The number of aromatic amines is 1. The number of H-pyrrole nitrogens is 1. The second-order valence-corrected chi connectivity index (χ2v) is 6.21. The van der Waals surface area contributed by atoms with Crippen LogP contribution in [0.1, 0.15) is 28.0 Å². The average molecular weight is 311 g/mol. The van der Waals surface area contributed by atoms with Crippen molar-refractivity contribution in [1.29, 1.82) is 0 Å². The minimum absolute atomic E-state index is 0.0370. The van der Waals surface area contributed by atoms with Crippen LogP contribution in [0, 0.1) is 13.8 Å². The number of hydrogen-bond donors (Lipinski definition) is 1. The predicted octanol–water partition coefficient (Wildman–Crippen LogP) is 3.42. The van der Waals surface area contributed by atoms with Crippen molar-refractivity contribution in [2.24, 2.45) is 4.99 Å². The van der Waals surface area contributed by atoms with Crippen molar-refractivity contribution < 1.29 is 4.52 Å². The van der Waals surface area contributed by atoms with Crippen LogP contribution in [-0.2, 0) is 0 Å². The Kier molecular flexibility index (Phi) is 3.07. The summed E-state index contributed by atoms with van der Waals surface area (Å²) in [4.78, 5) is 17.2. The number of fused-ring (bicyclic) bond motifs is 1. The van der Waals surface area contributed by atoms with Crippen LogP contribution in [0.15, 0.2) is 34.3 Å². The standard InChI is InChI=1S/C15H13N5OS/c1-8-13(9(2)21-20-8)11-5-16-6-12(22-11)14-10-3-4-17-15(10)19-7-18-14/h3-7,12H,1-2H3,(H,17,18,19). The quantitative estimate of drug-likeness (QED) is 0.784. The van der Waals surface area contributed by atoms with Crippen LogP contribution < -0.4 is 0 Å². The number of thioether (sulfide) groups is 1. The lowest BCUT2D eigenvalue weighted by molar-refractivity contribution is 0.393. The van der Waals surface area contributed by atoms with Crippen molar-refractivity contribution in [1.82, 2.24) is 20.1 Å². The first kappa shape index (κ1) is 13.3. The molecule has 6 nitrogen and oxygen atoms in total. The Morgan fingerprint density at radius 3 is 3.00 bits per heavy atom. The zero-order valence-corrected chi connectivity index (χ0v) is 12.9. The lowest BCUT2D eigenvalue weighted by Crippen LogP contribution is -2.03. The van der Waals surface area contributed by atoms with Crippen LogP contribution in [0.5, 0.6) is 0 Å². The first-order valence-electron chi connectivity index (χ1n) is 6.85. The van der Waals surface area contributed by atoms with Gasteiger partial charge >= 0.3 is 0 Å². The minimum atomic E-state index is 0.0370. The zero-order chi connectivity index (χ0) is 15.1. The predicted molar refractivity (Wildman–Crippen MR) is 86.7 cm³/mol. The molecule has 0 radical (unpaired) electrons. The van der Waals surface area contributed by atoms with Gasteiger partial charge in [-0.15, -0.1) is 11.8 Å². The van der Waals surface area contributed by atoms with Gasteiger partial charge in [-0.05, 0) is 19.9 Å². The number of aliphatic imine (C=N–C) groups is 1. The van der Waals surface area contributed by atoms with E-state index in [1.807, 2.05) is 38.5 Å². The van der Waals surface area contributed by atoms with Gasteiger partial charge in [-0.2, -0.15) is 0 Å². The van der Waals surface area contributed by atoms with Gasteiger partial charge in [0.1, 0.15) is 17.7 Å². The van der Waals surface area contributed by atoms with E-state index in [1.54, 1.807) is 18.1 Å². The third-order valence-electron chi connectivity index (χ3n) is 3.60. The highest BCUT2D eigenvalue weighted by atomic mass is 32.2. The van der Waals surface area contributed by atoms with Crippen LogP contribution in [0.25, 0.3) is 15.9 Å². The molecule has 1 N–H and O–H groups in total. The maximum Gasteiger partial charge on any atom is 0.142 e. The van der Waals surface area contributed by atoms with Gasteiger partial charge in [0.25, 0.3) is 0 Å². The second-order valence-electron chi connectivity index (χ2n) is 5.03. The molecule has 0 aliphatic carbocycles. The molecule has 110 valence electrons. The van der Waals surface area contributed by atoms with Crippen LogP contribution in [0.3, 0.4) is 0 Å². The fourth-order valence-electron chi connectivity index (χ4n) is 2.59. The fourth-order valence-corrected chi connectivity index (χ4v) is 3.83. The molecule has 0 spiro atoms. The SMILES string of the molecule is Cc1noc(C)c1C1=CN=CC(c2ncnc3[nH]ccc23)S1. The van der Waals surface area contributed by atoms with Gasteiger partial charge in [0.2, 0.25) is 0 Å². The van der Waals surface area contributed by atoms with E-state index in [2.05, 4.69) is 25.1 Å². The highest BCUT2D eigenvalue weighted by molar-refractivity contribution is 8.09. The summed E-state index contributed by atoms with van der Waals surface area (Å²) < 4.78 is 5.26. The van der Waals surface area contributed by atoms with Gasteiger partial charge in [0.15, 0.2) is 0 Å². The molecule has 0 bridgehead atoms. The van der Waals surface area contributed by atoms with Crippen molar-refractivity contribution in [3.8, 4) is 0 Å². The molecule has 3 aromatic heterocycles. The first-order valence-corrected chi connectivity index (χ1v) is 7.73. The molecule has 0 fully saturated rings. The molecule has 0 saturated heterocycles. The average Bonchev–Trinajstić information content (AvgIpc) is 3.13. The molecule has 1 aliphatic heterocycles. The zero-order valence-electron chi connectivity index (χ0n) is 12.1. The van der Waals surface area contributed by atoms with E-state index in [9.17, 15) is 0 Å². The van der Waals surface area contributed by atoms with E-state index >= 15 is 0 Å². The largest absolute Gasteiger partial charge is 0.361 e. The first-order chi connectivity index (χ1) is 10.7. The van der Waals surface area contributed by atoms with E-state index in [4.69, 9.17) is 4.52 Å². The van der Waals surface area contributed by atoms with Crippen LogP contribution >= 0.6 is 11.8 Å².